The largest absolute Gasteiger partial charge is 0.387 e. The second-order valence-corrected chi connectivity index (χ2v) is 18.2. The number of unbranched alkanes of at least 4 members (excludes halogenated alkanes) is 1. The lowest BCUT2D eigenvalue weighted by molar-refractivity contribution is -0.138. The van der Waals surface area contributed by atoms with E-state index in [1.165, 1.54) is 6.42 Å². The van der Waals surface area contributed by atoms with Crippen LogP contribution in [0.25, 0.3) is 0 Å². The van der Waals surface area contributed by atoms with Gasteiger partial charge in [-0.1, -0.05) is 120 Å². The fourth-order valence-corrected chi connectivity index (χ4v) is 8.78. The third kappa shape index (κ3) is 10.7. The number of fused-ring (bicyclic) bond motifs is 1. The van der Waals surface area contributed by atoms with Crippen molar-refractivity contribution in [1.29, 1.82) is 0 Å². The van der Waals surface area contributed by atoms with Crippen molar-refractivity contribution >= 4 is 5.91 Å². The van der Waals surface area contributed by atoms with Crippen molar-refractivity contribution in [3.63, 3.8) is 0 Å². The van der Waals surface area contributed by atoms with Crippen LogP contribution in [-0.4, -0.2) is 54.1 Å². The number of piperidine rings is 1. The number of allylic oxidation sites excluding steroid dienone is 1. The van der Waals surface area contributed by atoms with Crippen LogP contribution in [0.3, 0.4) is 0 Å². The lowest BCUT2D eigenvalue weighted by Gasteiger charge is -2.45. The van der Waals surface area contributed by atoms with E-state index in [1.807, 2.05) is 6.08 Å². The lowest BCUT2D eigenvalue weighted by atomic mass is 9.70. The van der Waals surface area contributed by atoms with Gasteiger partial charge in [0, 0.05) is 42.3 Å². The average molecular weight is 705 g/mol. The highest BCUT2D eigenvalue weighted by Gasteiger charge is 2.68. The third-order valence-corrected chi connectivity index (χ3v) is 12.2. The fourth-order valence-electron chi connectivity index (χ4n) is 8.78. The summed E-state index contributed by atoms with van der Waals surface area (Å²) in [7, 11) is 0. The van der Waals surface area contributed by atoms with Crippen LogP contribution in [0.1, 0.15) is 127 Å². The van der Waals surface area contributed by atoms with Crippen LogP contribution in [-0.2, 0) is 4.79 Å². The molecule has 0 aromatic carbocycles. The van der Waals surface area contributed by atoms with Crippen molar-refractivity contribution in [2.45, 2.75) is 157 Å². The van der Waals surface area contributed by atoms with Gasteiger partial charge in [-0.2, -0.15) is 0 Å². The summed E-state index contributed by atoms with van der Waals surface area (Å²) in [4.78, 5) is 17.3. The molecule has 5 N–H and O–H groups in total. The minimum atomic E-state index is -0.388. The van der Waals surface area contributed by atoms with Crippen LogP contribution < -0.4 is 26.6 Å². The molecule has 288 valence electrons. The maximum Gasteiger partial charge on any atom is 0.246 e. The molecule has 1 heterocycles. The third-order valence-electron chi connectivity index (χ3n) is 12.2. The van der Waals surface area contributed by atoms with Gasteiger partial charge in [0.2, 0.25) is 5.91 Å². The standard InChI is InChI=1S/C44H76N6O/c1-16-18-22-36(31(6)32(7)45-27-17-2)47-33(8)39-38-35(43(38,13)14)28-50(39)41(51)40(44(15)25-20-19-21-26-44)49-34(9)48-37(42(10,11)12)24-23-30(5)46-29(3)4/h17,29,35-40,45-49H,2,5-9,16,18-28H2,1,3-4,10-15H3/t35-,36?,37?,38-,39?,40?/m0/s1. The Bertz CT molecular complexity index is 1280. The van der Waals surface area contributed by atoms with Gasteiger partial charge < -0.3 is 31.5 Å². The maximum absolute atomic E-state index is 15.2. The first-order valence-electron chi connectivity index (χ1n) is 19.9. The number of nitrogens with one attached hydrogen (secondary N) is 5. The number of amides is 1. The Morgan fingerprint density at radius 1 is 0.941 bits per heavy atom. The second-order valence-electron chi connectivity index (χ2n) is 18.2. The van der Waals surface area contributed by atoms with E-state index in [0.717, 1.165) is 92.8 Å². The zero-order chi connectivity index (χ0) is 38.3. The number of likely N-dealkylation sites (tertiary alicyclic amines) is 1. The monoisotopic (exact) mass is 705 g/mol. The van der Waals surface area contributed by atoms with Crippen LogP contribution in [0, 0.1) is 28.1 Å². The molecule has 0 spiro atoms. The Morgan fingerprint density at radius 3 is 2.16 bits per heavy atom. The Balaban J connectivity index is 1.88. The molecule has 7 nitrogen and oxygen atoms in total. The van der Waals surface area contributed by atoms with Gasteiger partial charge in [-0.15, -0.1) is 6.58 Å². The van der Waals surface area contributed by atoms with Crippen LogP contribution in [0.15, 0.2) is 74.0 Å². The molecule has 3 rings (SSSR count). The first-order chi connectivity index (χ1) is 23.8. The second kappa shape index (κ2) is 17.6. The number of hydrogen-bond acceptors (Lipinski definition) is 6. The molecule has 1 aliphatic heterocycles. The van der Waals surface area contributed by atoms with Gasteiger partial charge in [0.15, 0.2) is 0 Å². The Kier molecular flexibility index (Phi) is 14.6. The van der Waals surface area contributed by atoms with E-state index in [0.29, 0.717) is 24.4 Å². The molecule has 0 radical (unpaired) electrons. The number of carbonyl (C=O) groups is 1. The predicted molar refractivity (Wildman–Crippen MR) is 219 cm³/mol. The van der Waals surface area contributed by atoms with Crippen LogP contribution in [0.2, 0.25) is 0 Å². The first-order valence-corrected chi connectivity index (χ1v) is 19.9. The molecule has 0 aromatic rings. The van der Waals surface area contributed by atoms with E-state index in [2.05, 4.69) is 133 Å². The molecule has 3 fully saturated rings. The van der Waals surface area contributed by atoms with Gasteiger partial charge in [0.05, 0.1) is 17.9 Å². The van der Waals surface area contributed by atoms with E-state index < -0.39 is 0 Å². The Hall–Kier alpha value is -3.09. The number of rotatable bonds is 22. The highest BCUT2D eigenvalue weighted by Crippen LogP contribution is 2.66. The topological polar surface area (TPSA) is 80.5 Å². The molecule has 6 atom stereocenters. The average Bonchev–Trinajstić information content (AvgIpc) is 3.35. The van der Waals surface area contributed by atoms with Gasteiger partial charge >= 0.3 is 0 Å². The summed E-state index contributed by atoms with van der Waals surface area (Å²) < 4.78 is 0. The number of carbonyl (C=O) groups excluding carboxylic acids is 1. The minimum Gasteiger partial charge on any atom is -0.387 e. The normalized spacial score (nSPS) is 23.6. The first kappa shape index (κ1) is 42.3. The van der Waals surface area contributed by atoms with Gasteiger partial charge in [0.25, 0.3) is 0 Å². The molecule has 3 aliphatic rings. The summed E-state index contributed by atoms with van der Waals surface area (Å²) in [5.41, 5.74) is 3.67. The highest BCUT2D eigenvalue weighted by molar-refractivity contribution is 5.84. The molecular formula is C44H76N6O. The van der Waals surface area contributed by atoms with Crippen molar-refractivity contribution in [1.82, 2.24) is 31.5 Å². The summed E-state index contributed by atoms with van der Waals surface area (Å²) in [6, 6.07) is 0.00770. The quantitative estimate of drug-likeness (QED) is 0.0574. The Morgan fingerprint density at radius 2 is 1.59 bits per heavy atom. The van der Waals surface area contributed by atoms with Crippen molar-refractivity contribution in [3.05, 3.63) is 74.0 Å². The van der Waals surface area contributed by atoms with Crippen LogP contribution >= 0.6 is 0 Å². The van der Waals surface area contributed by atoms with Crippen LogP contribution in [0.4, 0.5) is 0 Å². The van der Waals surface area contributed by atoms with Gasteiger partial charge in [-0.3, -0.25) is 4.79 Å². The molecule has 51 heavy (non-hydrogen) atoms. The SMILES string of the molecule is C=CCNC(=C)C(=C)C(CCCC)NC(=C)C1[C@@H]2[C@H](CN1C(=O)C(NC(=C)NC(CCC(=C)NC(C)C)C(C)(C)C)C1(C)CCCCC1)C2(C)C. The van der Waals surface area contributed by atoms with E-state index in [9.17, 15) is 0 Å². The van der Waals surface area contributed by atoms with Crippen molar-refractivity contribution in [2.24, 2.45) is 28.1 Å². The summed E-state index contributed by atoms with van der Waals surface area (Å²) in [5.74, 6) is 1.70. The van der Waals surface area contributed by atoms with Crippen molar-refractivity contribution < 1.29 is 4.79 Å². The highest BCUT2D eigenvalue weighted by atomic mass is 16.2. The molecule has 0 aromatic heterocycles. The summed E-state index contributed by atoms with van der Waals surface area (Å²) >= 11 is 0. The van der Waals surface area contributed by atoms with E-state index >= 15 is 4.79 Å². The van der Waals surface area contributed by atoms with Gasteiger partial charge in [-0.05, 0) is 79.6 Å². The number of nitrogens with zero attached hydrogens (tertiary/aromatic N) is 1. The molecule has 7 heteroatoms. The predicted octanol–water partition coefficient (Wildman–Crippen LogP) is 8.67. The summed E-state index contributed by atoms with van der Waals surface area (Å²) in [6.45, 7) is 47.6. The molecule has 0 bridgehead atoms. The molecule has 4 unspecified atom stereocenters. The molecule has 1 saturated heterocycles. The van der Waals surface area contributed by atoms with Gasteiger partial charge in [0.1, 0.15) is 6.04 Å². The minimum absolute atomic E-state index is 0.0157. The number of hydrogen-bond donors (Lipinski definition) is 5. The smallest absolute Gasteiger partial charge is 0.246 e. The summed E-state index contributed by atoms with van der Waals surface area (Å²) in [6.07, 6.45) is 12.2. The van der Waals surface area contributed by atoms with E-state index in [-0.39, 0.29) is 46.3 Å². The zero-order valence-electron chi connectivity index (χ0n) is 34.2. The van der Waals surface area contributed by atoms with Crippen molar-refractivity contribution in [2.75, 3.05) is 13.1 Å². The van der Waals surface area contributed by atoms with Gasteiger partial charge in [-0.25, -0.2) is 0 Å². The lowest BCUT2D eigenvalue weighted by Crippen LogP contribution is -2.59. The van der Waals surface area contributed by atoms with Crippen molar-refractivity contribution in [3.8, 4) is 0 Å². The molecule has 2 aliphatic carbocycles. The van der Waals surface area contributed by atoms with E-state index in [4.69, 9.17) is 0 Å². The Labute approximate surface area is 313 Å². The molecule has 2 saturated carbocycles. The van der Waals surface area contributed by atoms with E-state index in [1.54, 1.807) is 0 Å². The zero-order valence-corrected chi connectivity index (χ0v) is 34.2. The molecular weight excluding hydrogens is 629 g/mol. The summed E-state index contributed by atoms with van der Waals surface area (Å²) in [5, 5.41) is 18.1. The maximum atomic E-state index is 15.2. The van der Waals surface area contributed by atoms with Crippen LogP contribution in [0.5, 0.6) is 0 Å². The molecule has 1 amide bonds. The fraction of sp³-hybridized carbons (Fsp3) is 0.705.